The zero-order chi connectivity index (χ0) is 16.9. The number of benzene rings is 1. The average Bonchev–Trinajstić information content (AvgIpc) is 2.53. The first-order chi connectivity index (χ1) is 10.9. The number of carbonyl (C=O) groups is 2. The number of nitrogens with one attached hydrogen (secondary N) is 1. The Labute approximate surface area is 129 Å². The first kappa shape index (κ1) is 16.5. The summed E-state index contributed by atoms with van der Waals surface area (Å²) in [5.41, 5.74) is -1.26. The van der Waals surface area contributed by atoms with Gasteiger partial charge in [-0.3, -0.25) is 15.1 Å². The van der Waals surface area contributed by atoms with Gasteiger partial charge in [0.25, 0.3) is 5.91 Å². The van der Waals surface area contributed by atoms with Gasteiger partial charge < -0.3 is 4.74 Å². The number of ether oxygens (including phenoxy) is 1. The van der Waals surface area contributed by atoms with Gasteiger partial charge in [0, 0.05) is 12.4 Å². The van der Waals surface area contributed by atoms with Crippen LogP contribution in [0.4, 0.5) is 18.0 Å². The summed E-state index contributed by atoms with van der Waals surface area (Å²) in [7, 11) is 0. The number of nitrogens with zero attached hydrogens (tertiary/aromatic N) is 1. The van der Waals surface area contributed by atoms with E-state index in [1.807, 2.05) is 0 Å². The summed E-state index contributed by atoms with van der Waals surface area (Å²) < 4.78 is 43.1. The van der Waals surface area contributed by atoms with Gasteiger partial charge in [-0.25, -0.2) is 4.79 Å². The fourth-order valence-corrected chi connectivity index (χ4v) is 1.74. The van der Waals surface area contributed by atoms with Gasteiger partial charge in [-0.2, -0.15) is 13.2 Å². The first-order valence-electron chi connectivity index (χ1n) is 6.41. The summed E-state index contributed by atoms with van der Waals surface area (Å²) in [6, 6.07) is 9.27. The van der Waals surface area contributed by atoms with Crippen molar-refractivity contribution in [1.29, 1.82) is 0 Å². The van der Waals surface area contributed by atoms with E-state index in [1.54, 1.807) is 35.6 Å². The second-order valence-corrected chi connectivity index (χ2v) is 4.43. The molecule has 23 heavy (non-hydrogen) atoms. The fraction of sp³-hybridized carbons (Fsp3) is 0.133. The minimum absolute atomic E-state index is 0.112. The zero-order valence-electron chi connectivity index (χ0n) is 11.6. The van der Waals surface area contributed by atoms with Crippen LogP contribution in [0.15, 0.2) is 48.8 Å². The van der Waals surface area contributed by atoms with Gasteiger partial charge in [0.15, 0.2) is 0 Å². The lowest BCUT2D eigenvalue weighted by Gasteiger charge is -2.11. The van der Waals surface area contributed by atoms with Gasteiger partial charge >= 0.3 is 12.3 Å². The number of aromatic nitrogens is 1. The highest BCUT2D eigenvalue weighted by molar-refractivity contribution is 6.03. The molecule has 1 aromatic heterocycles. The quantitative estimate of drug-likeness (QED) is 0.941. The number of hydrogen-bond acceptors (Lipinski definition) is 4. The second kappa shape index (κ2) is 6.91. The standard InChI is InChI=1S/C15H11F3N2O3/c16-15(17,18)12-6-7-19-8-11(12)13(21)20-14(22)23-9-10-4-2-1-3-5-10/h1-8H,9H2,(H,20,21,22). The van der Waals surface area contributed by atoms with Crippen molar-refractivity contribution in [3.63, 3.8) is 0 Å². The van der Waals surface area contributed by atoms with E-state index < -0.39 is 29.3 Å². The third-order valence-corrected chi connectivity index (χ3v) is 2.80. The predicted octanol–water partition coefficient (Wildman–Crippen LogP) is 3.17. The molecule has 0 fully saturated rings. The second-order valence-electron chi connectivity index (χ2n) is 4.43. The Morgan fingerprint density at radius 3 is 2.48 bits per heavy atom. The van der Waals surface area contributed by atoms with E-state index in [9.17, 15) is 22.8 Å². The van der Waals surface area contributed by atoms with Crippen LogP contribution < -0.4 is 5.32 Å². The molecule has 0 unspecified atom stereocenters. The molecule has 2 rings (SSSR count). The maximum atomic E-state index is 12.8. The van der Waals surface area contributed by atoms with E-state index in [1.165, 1.54) is 0 Å². The molecule has 0 saturated heterocycles. The molecule has 0 atom stereocenters. The van der Waals surface area contributed by atoms with Crippen LogP contribution in [0.25, 0.3) is 0 Å². The number of amides is 2. The van der Waals surface area contributed by atoms with E-state index in [0.717, 1.165) is 12.4 Å². The normalized spacial score (nSPS) is 10.9. The van der Waals surface area contributed by atoms with Crippen molar-refractivity contribution in [2.24, 2.45) is 0 Å². The highest BCUT2D eigenvalue weighted by Crippen LogP contribution is 2.31. The van der Waals surface area contributed by atoms with E-state index >= 15 is 0 Å². The van der Waals surface area contributed by atoms with Crippen molar-refractivity contribution in [2.75, 3.05) is 0 Å². The Hall–Kier alpha value is -2.90. The molecule has 0 spiro atoms. The predicted molar refractivity (Wildman–Crippen MR) is 73.3 cm³/mol. The van der Waals surface area contributed by atoms with Crippen LogP contribution in [0.3, 0.4) is 0 Å². The number of alkyl carbamates (subject to hydrolysis) is 1. The Kier molecular flexibility index (Phi) is 4.95. The van der Waals surface area contributed by atoms with Crippen LogP contribution in [0.2, 0.25) is 0 Å². The number of halogens is 3. The topological polar surface area (TPSA) is 68.3 Å². The Morgan fingerprint density at radius 1 is 1.13 bits per heavy atom. The monoisotopic (exact) mass is 324 g/mol. The molecule has 2 amide bonds. The largest absolute Gasteiger partial charge is 0.444 e. The van der Waals surface area contributed by atoms with Gasteiger partial charge in [-0.15, -0.1) is 0 Å². The Bertz CT molecular complexity index is 703. The Morgan fingerprint density at radius 2 is 1.83 bits per heavy atom. The van der Waals surface area contributed by atoms with Crippen LogP contribution in [0.5, 0.6) is 0 Å². The Balaban J connectivity index is 2.01. The molecular weight excluding hydrogens is 313 g/mol. The lowest BCUT2D eigenvalue weighted by Crippen LogP contribution is -2.32. The van der Waals surface area contributed by atoms with Crippen molar-refractivity contribution < 1.29 is 27.5 Å². The first-order valence-corrected chi connectivity index (χ1v) is 6.41. The molecule has 0 aliphatic carbocycles. The molecule has 1 heterocycles. The molecule has 0 bridgehead atoms. The molecule has 8 heteroatoms. The van der Waals surface area contributed by atoms with Gasteiger partial charge in [-0.05, 0) is 11.6 Å². The number of pyridine rings is 1. The number of hydrogen-bond donors (Lipinski definition) is 1. The molecule has 0 saturated carbocycles. The van der Waals surface area contributed by atoms with Gasteiger partial charge in [0.1, 0.15) is 6.61 Å². The maximum absolute atomic E-state index is 12.8. The van der Waals surface area contributed by atoms with E-state index in [4.69, 9.17) is 4.74 Å². The van der Waals surface area contributed by atoms with Crippen LogP contribution in [0.1, 0.15) is 21.5 Å². The molecule has 120 valence electrons. The third kappa shape index (κ3) is 4.53. The summed E-state index contributed by atoms with van der Waals surface area (Å²) in [6.07, 6.45) is -4.23. The van der Waals surface area contributed by atoms with Gasteiger partial charge in [0.05, 0.1) is 11.1 Å². The number of imide groups is 1. The van der Waals surface area contributed by atoms with Crippen LogP contribution in [-0.2, 0) is 17.5 Å². The lowest BCUT2D eigenvalue weighted by molar-refractivity contribution is -0.138. The van der Waals surface area contributed by atoms with Gasteiger partial charge in [0.2, 0.25) is 0 Å². The van der Waals surface area contributed by atoms with Crippen molar-refractivity contribution in [3.8, 4) is 0 Å². The number of rotatable bonds is 3. The maximum Gasteiger partial charge on any atom is 0.417 e. The molecule has 5 nitrogen and oxygen atoms in total. The van der Waals surface area contributed by atoms with Crippen LogP contribution in [0, 0.1) is 0 Å². The fourth-order valence-electron chi connectivity index (χ4n) is 1.74. The van der Waals surface area contributed by atoms with E-state index in [0.29, 0.717) is 11.6 Å². The molecule has 0 radical (unpaired) electrons. The molecule has 1 aromatic carbocycles. The smallest absolute Gasteiger partial charge is 0.417 e. The number of alkyl halides is 3. The van der Waals surface area contributed by atoms with Crippen molar-refractivity contribution >= 4 is 12.0 Å². The molecule has 1 N–H and O–H groups in total. The minimum atomic E-state index is -4.73. The van der Waals surface area contributed by atoms with Crippen LogP contribution >= 0.6 is 0 Å². The van der Waals surface area contributed by atoms with Crippen molar-refractivity contribution in [3.05, 3.63) is 65.5 Å². The summed E-state index contributed by atoms with van der Waals surface area (Å²) in [5.74, 6) is -1.23. The van der Waals surface area contributed by atoms with Crippen molar-refractivity contribution in [1.82, 2.24) is 10.3 Å². The summed E-state index contributed by atoms with van der Waals surface area (Å²) in [6.45, 7) is -0.112. The minimum Gasteiger partial charge on any atom is -0.444 e. The lowest BCUT2D eigenvalue weighted by atomic mass is 10.1. The third-order valence-electron chi connectivity index (χ3n) is 2.80. The molecule has 0 aliphatic rings. The summed E-state index contributed by atoms with van der Waals surface area (Å²) >= 11 is 0. The van der Waals surface area contributed by atoms with Crippen molar-refractivity contribution in [2.45, 2.75) is 12.8 Å². The van der Waals surface area contributed by atoms with Crippen LogP contribution in [-0.4, -0.2) is 17.0 Å². The highest BCUT2D eigenvalue weighted by Gasteiger charge is 2.35. The van der Waals surface area contributed by atoms with E-state index in [2.05, 4.69) is 4.98 Å². The molecule has 0 aliphatic heterocycles. The zero-order valence-corrected chi connectivity index (χ0v) is 11.6. The SMILES string of the molecule is O=C(NC(=O)c1cnccc1C(F)(F)F)OCc1ccccc1. The molecule has 2 aromatic rings. The van der Waals surface area contributed by atoms with Gasteiger partial charge in [-0.1, -0.05) is 30.3 Å². The van der Waals surface area contributed by atoms with E-state index in [-0.39, 0.29) is 6.61 Å². The summed E-state index contributed by atoms with van der Waals surface area (Å²) in [5, 5.41) is 1.74. The highest BCUT2D eigenvalue weighted by atomic mass is 19.4. The average molecular weight is 324 g/mol. The summed E-state index contributed by atoms with van der Waals surface area (Å²) in [4.78, 5) is 26.8. The number of carbonyl (C=O) groups excluding carboxylic acids is 2. The molecular formula is C15H11F3N2O3.